The fourth-order valence-electron chi connectivity index (χ4n) is 3.16. The minimum Gasteiger partial charge on any atom is -0.315 e. The third kappa shape index (κ3) is 12.7. The van der Waals surface area contributed by atoms with Gasteiger partial charge < -0.3 is 4.57 Å². The zero-order chi connectivity index (χ0) is 26.7. The first-order valence-corrected chi connectivity index (χ1v) is 12.7. The highest BCUT2D eigenvalue weighted by Crippen LogP contribution is 2.26. The number of pyridine rings is 1. The van der Waals surface area contributed by atoms with Crippen molar-refractivity contribution in [3.63, 3.8) is 0 Å². The fourth-order valence-corrected chi connectivity index (χ4v) is 3.40. The predicted octanol–water partition coefficient (Wildman–Crippen LogP) is 9.41. The number of hydrogen-bond donors (Lipinski definition) is 0. The Morgan fingerprint density at radius 1 is 1.15 bits per heavy atom. The quantitative estimate of drug-likeness (QED) is 0.283. The highest BCUT2D eigenvalue weighted by molar-refractivity contribution is 6.33. The van der Waals surface area contributed by atoms with Crippen LogP contribution in [0.3, 0.4) is 0 Å². The van der Waals surface area contributed by atoms with Crippen LogP contribution in [0.25, 0.3) is 11.1 Å². The highest BCUT2D eigenvalue weighted by Gasteiger charge is 2.12. The molecule has 0 radical (unpaired) electrons. The van der Waals surface area contributed by atoms with Crippen LogP contribution in [0.15, 0.2) is 65.0 Å². The Morgan fingerprint density at radius 3 is 2.09 bits per heavy atom. The number of aliphatic imine (C=N–C) groups is 1. The number of nitrogens with zero attached hydrogens (tertiary/aromatic N) is 2. The van der Waals surface area contributed by atoms with Gasteiger partial charge in [-0.25, -0.2) is 0 Å². The van der Waals surface area contributed by atoms with Crippen LogP contribution in [0.4, 0.5) is 0 Å². The average Bonchev–Trinajstić information content (AvgIpc) is 2.80. The molecule has 1 aromatic heterocycles. The maximum atomic E-state index is 12.5. The van der Waals surface area contributed by atoms with Gasteiger partial charge in [-0.15, -0.1) is 6.58 Å². The third-order valence-corrected chi connectivity index (χ3v) is 5.24. The second-order valence-corrected chi connectivity index (χ2v) is 8.43. The molecular weight excluding hydrogens is 440 g/mol. The summed E-state index contributed by atoms with van der Waals surface area (Å²) in [7, 11) is 1.75. The zero-order valence-corrected chi connectivity index (χ0v) is 23.8. The van der Waals surface area contributed by atoms with Crippen LogP contribution in [-0.4, -0.2) is 10.8 Å². The lowest BCUT2D eigenvalue weighted by Gasteiger charge is -2.11. The molecule has 2 aromatic rings. The van der Waals surface area contributed by atoms with Crippen molar-refractivity contribution in [1.29, 1.82) is 0 Å². The Labute approximate surface area is 214 Å². The first kappa shape index (κ1) is 33.8. The summed E-state index contributed by atoms with van der Waals surface area (Å²) in [5.41, 5.74) is 3.65. The van der Waals surface area contributed by atoms with Gasteiger partial charge in [-0.3, -0.25) is 9.79 Å². The maximum Gasteiger partial charge on any atom is 0.258 e. The summed E-state index contributed by atoms with van der Waals surface area (Å²) in [6.07, 6.45) is 8.99. The predicted molar refractivity (Wildman–Crippen MR) is 155 cm³/mol. The van der Waals surface area contributed by atoms with Crippen molar-refractivity contribution < 1.29 is 0 Å². The maximum absolute atomic E-state index is 12.5. The minimum absolute atomic E-state index is 0.0759. The number of aromatic nitrogens is 1. The monoisotopic (exact) mass is 486 g/mol. The van der Waals surface area contributed by atoms with Crippen LogP contribution in [0, 0.1) is 12.8 Å². The van der Waals surface area contributed by atoms with Crippen molar-refractivity contribution in [2.24, 2.45) is 18.0 Å². The van der Waals surface area contributed by atoms with Crippen LogP contribution in [-0.2, 0) is 7.05 Å². The van der Waals surface area contributed by atoms with Crippen molar-refractivity contribution in [3.8, 4) is 11.1 Å². The smallest absolute Gasteiger partial charge is 0.258 e. The van der Waals surface area contributed by atoms with Crippen molar-refractivity contribution in [1.82, 2.24) is 4.57 Å². The number of allylic oxidation sites excluding steroid dienone is 2. The molecule has 0 aliphatic heterocycles. The molecule has 2 rings (SSSR count). The minimum atomic E-state index is -0.0759. The Kier molecular flexibility index (Phi) is 19.9. The Balaban J connectivity index is 0. The summed E-state index contributed by atoms with van der Waals surface area (Å²) in [5, 5.41) is 0.557. The van der Waals surface area contributed by atoms with Crippen LogP contribution in [0.2, 0.25) is 5.02 Å². The first-order valence-electron chi connectivity index (χ1n) is 12.4. The van der Waals surface area contributed by atoms with E-state index in [1.807, 2.05) is 58.9 Å². The van der Waals surface area contributed by atoms with Gasteiger partial charge in [0.1, 0.15) is 0 Å². The molecule has 0 saturated carbocycles. The van der Waals surface area contributed by atoms with E-state index in [1.54, 1.807) is 30.0 Å². The first-order chi connectivity index (χ1) is 16.1. The lowest BCUT2D eigenvalue weighted by Crippen LogP contribution is -2.22. The molecule has 34 heavy (non-hydrogen) atoms. The van der Waals surface area contributed by atoms with Gasteiger partial charge in [0.05, 0.1) is 0 Å². The molecule has 0 atom stereocenters. The van der Waals surface area contributed by atoms with E-state index in [0.29, 0.717) is 16.3 Å². The van der Waals surface area contributed by atoms with Gasteiger partial charge in [-0.2, -0.15) is 0 Å². The van der Waals surface area contributed by atoms with Crippen molar-refractivity contribution in [2.45, 2.75) is 81.1 Å². The summed E-state index contributed by atoms with van der Waals surface area (Å²) < 4.78 is 1.61. The van der Waals surface area contributed by atoms with Gasteiger partial charge in [0.15, 0.2) is 0 Å². The van der Waals surface area contributed by atoms with Gasteiger partial charge >= 0.3 is 0 Å². The lowest BCUT2D eigenvalue weighted by molar-refractivity contribution is 0.480. The molecule has 0 amide bonds. The van der Waals surface area contributed by atoms with Crippen molar-refractivity contribution in [3.05, 3.63) is 81.9 Å². The second-order valence-electron chi connectivity index (χ2n) is 8.03. The molecule has 4 heteroatoms. The molecule has 0 saturated heterocycles. The molecule has 0 aliphatic carbocycles. The summed E-state index contributed by atoms with van der Waals surface area (Å²) in [5.74, 6) is 0.963. The molecule has 3 nitrogen and oxygen atoms in total. The van der Waals surface area contributed by atoms with E-state index < -0.39 is 0 Å². The number of rotatable bonds is 7. The molecule has 0 spiro atoms. The van der Waals surface area contributed by atoms with E-state index in [9.17, 15) is 4.79 Å². The van der Waals surface area contributed by atoms with Gasteiger partial charge in [-0.1, -0.05) is 103 Å². The number of benzene rings is 1. The standard InChI is InChI=1S/C17H17ClN2O.C8H18.C3H6.C2H6/c1-11(2)19-10-13-9-15(17(21)20(4)12(13)3)14-7-5-6-8-16(14)18;1-4-6-8(3)7-5-2;1-3-2;1-2/h5-10H,1H2,2-4H3;8H,4-7H2,1-3H3;3H,1H2,2H3;1-2H3. The topological polar surface area (TPSA) is 34.4 Å². The normalized spacial score (nSPS) is 9.85. The number of hydrogen-bond acceptors (Lipinski definition) is 2. The average molecular weight is 487 g/mol. The summed E-state index contributed by atoms with van der Waals surface area (Å²) in [6.45, 7) is 23.6. The third-order valence-electron chi connectivity index (χ3n) is 4.91. The molecular formula is C30H47ClN2O. The van der Waals surface area contributed by atoms with E-state index in [0.717, 1.165) is 22.7 Å². The van der Waals surface area contributed by atoms with Crippen LogP contribution in [0.5, 0.6) is 0 Å². The van der Waals surface area contributed by atoms with Crippen LogP contribution >= 0.6 is 11.6 Å². The van der Waals surface area contributed by atoms with Crippen LogP contribution < -0.4 is 5.56 Å². The van der Waals surface area contributed by atoms with Crippen molar-refractivity contribution >= 4 is 17.8 Å². The second kappa shape index (κ2) is 20.0. The SMILES string of the molecule is C=C(C)N=Cc1cc(-c2ccccc2Cl)c(=O)n(C)c1C.C=CC.CC.CCCC(C)CCC. The zero-order valence-electron chi connectivity index (χ0n) is 23.0. The highest BCUT2D eigenvalue weighted by atomic mass is 35.5. The summed E-state index contributed by atoms with van der Waals surface area (Å²) >= 11 is 6.21. The molecule has 0 unspecified atom stereocenters. The van der Waals surface area contributed by atoms with Gasteiger partial charge in [0, 0.05) is 46.4 Å². The van der Waals surface area contributed by atoms with E-state index in [1.165, 1.54) is 25.7 Å². The fraction of sp³-hybridized carbons (Fsp3) is 0.467. The summed E-state index contributed by atoms with van der Waals surface area (Å²) in [4.78, 5) is 16.7. The largest absolute Gasteiger partial charge is 0.315 e. The van der Waals surface area contributed by atoms with E-state index >= 15 is 0 Å². The van der Waals surface area contributed by atoms with Crippen molar-refractivity contribution in [2.75, 3.05) is 0 Å². The molecule has 1 heterocycles. The lowest BCUT2D eigenvalue weighted by atomic mass is 10.0. The van der Waals surface area contributed by atoms with E-state index in [2.05, 4.69) is 38.9 Å². The number of halogens is 1. The van der Waals surface area contributed by atoms with Crippen LogP contribution in [0.1, 0.15) is 85.4 Å². The Bertz CT molecular complexity index is 935. The molecule has 0 fully saturated rings. The van der Waals surface area contributed by atoms with E-state index in [-0.39, 0.29) is 5.56 Å². The Morgan fingerprint density at radius 2 is 1.65 bits per heavy atom. The molecule has 1 aromatic carbocycles. The van der Waals surface area contributed by atoms with E-state index in [4.69, 9.17) is 11.6 Å². The molecule has 0 aliphatic rings. The summed E-state index contributed by atoms with van der Waals surface area (Å²) in [6, 6.07) is 9.15. The molecule has 0 N–H and O–H groups in total. The molecule has 190 valence electrons. The molecule has 0 bridgehead atoms. The Hall–Kier alpha value is -2.39. The van der Waals surface area contributed by atoms with Gasteiger partial charge in [-0.05, 0) is 38.8 Å². The van der Waals surface area contributed by atoms with Gasteiger partial charge in [0.2, 0.25) is 0 Å². The van der Waals surface area contributed by atoms with Gasteiger partial charge in [0.25, 0.3) is 5.56 Å².